The second-order valence-electron chi connectivity index (χ2n) is 8.38. The summed E-state index contributed by atoms with van der Waals surface area (Å²) in [7, 11) is 0. The zero-order valence-electron chi connectivity index (χ0n) is 18.3. The standard InChI is InChI=1S/C27H25F2N3O/c28-20-5-9-22(10-6-20)31-17-15-30(16-18-31)14-13-27(33)25-19-32(23-11-7-21(29)8-12-23)26-4-2-1-3-24(25)26/h1-12,19H,13-18H2. The number of piperazine rings is 1. The summed E-state index contributed by atoms with van der Waals surface area (Å²) < 4.78 is 28.5. The van der Waals surface area contributed by atoms with Gasteiger partial charge >= 0.3 is 0 Å². The van der Waals surface area contributed by atoms with Crippen LogP contribution in [0.5, 0.6) is 0 Å². The van der Waals surface area contributed by atoms with Gasteiger partial charge in [-0.2, -0.15) is 0 Å². The number of nitrogens with zero attached hydrogens (tertiary/aromatic N) is 3. The topological polar surface area (TPSA) is 28.5 Å². The Kier molecular flexibility index (Phi) is 5.92. The van der Waals surface area contributed by atoms with Gasteiger partial charge in [0.25, 0.3) is 0 Å². The van der Waals surface area contributed by atoms with Gasteiger partial charge < -0.3 is 9.47 Å². The number of halogens is 2. The Balaban J connectivity index is 1.26. The minimum Gasteiger partial charge on any atom is -0.369 e. The Morgan fingerprint density at radius 1 is 0.758 bits per heavy atom. The van der Waals surface area contributed by atoms with E-state index in [0.29, 0.717) is 18.5 Å². The molecule has 4 aromatic rings. The Morgan fingerprint density at radius 2 is 1.36 bits per heavy atom. The van der Waals surface area contributed by atoms with E-state index in [1.165, 1.54) is 24.3 Å². The van der Waals surface area contributed by atoms with E-state index in [-0.39, 0.29) is 17.4 Å². The van der Waals surface area contributed by atoms with Crippen molar-refractivity contribution in [1.82, 2.24) is 9.47 Å². The van der Waals surface area contributed by atoms with Crippen molar-refractivity contribution in [3.05, 3.63) is 96.2 Å². The van der Waals surface area contributed by atoms with Crippen LogP contribution in [0.3, 0.4) is 0 Å². The lowest BCUT2D eigenvalue weighted by Crippen LogP contribution is -2.46. The van der Waals surface area contributed by atoms with Crippen LogP contribution in [0, 0.1) is 11.6 Å². The van der Waals surface area contributed by atoms with Gasteiger partial charge in [-0.15, -0.1) is 0 Å². The van der Waals surface area contributed by atoms with Crippen LogP contribution in [0.1, 0.15) is 16.8 Å². The summed E-state index contributed by atoms with van der Waals surface area (Å²) in [6.07, 6.45) is 2.31. The van der Waals surface area contributed by atoms with Gasteiger partial charge in [-0.05, 0) is 54.6 Å². The lowest BCUT2D eigenvalue weighted by molar-refractivity contribution is 0.0964. The molecule has 1 aromatic heterocycles. The lowest BCUT2D eigenvalue weighted by Gasteiger charge is -2.36. The number of Topliss-reactive ketones (excluding diaryl/α,β-unsaturated/α-hetero) is 1. The number of benzene rings is 3. The Hall–Kier alpha value is -3.51. The molecule has 1 saturated heterocycles. The maximum absolute atomic E-state index is 13.4. The summed E-state index contributed by atoms with van der Waals surface area (Å²) in [5.41, 5.74) is 3.48. The smallest absolute Gasteiger partial charge is 0.166 e. The quantitative estimate of drug-likeness (QED) is 0.377. The molecule has 0 saturated carbocycles. The second-order valence-corrected chi connectivity index (χ2v) is 8.38. The molecule has 0 atom stereocenters. The van der Waals surface area contributed by atoms with Crippen molar-refractivity contribution in [2.24, 2.45) is 0 Å². The van der Waals surface area contributed by atoms with Crippen molar-refractivity contribution in [3.63, 3.8) is 0 Å². The first kappa shape index (κ1) is 21.3. The molecule has 0 amide bonds. The van der Waals surface area contributed by atoms with Gasteiger partial charge in [0.05, 0.1) is 5.52 Å². The Labute approximate surface area is 191 Å². The third-order valence-corrected chi connectivity index (χ3v) is 6.34. The van der Waals surface area contributed by atoms with E-state index in [9.17, 15) is 13.6 Å². The average Bonchev–Trinajstić information content (AvgIpc) is 3.24. The molecule has 1 aliphatic heterocycles. The molecule has 1 aliphatic rings. The SMILES string of the molecule is O=C(CCN1CCN(c2ccc(F)cc2)CC1)c1cn(-c2ccc(F)cc2)c2ccccc12. The van der Waals surface area contributed by atoms with Gasteiger partial charge in [-0.25, -0.2) is 8.78 Å². The number of carbonyl (C=O) groups excluding carboxylic acids is 1. The van der Waals surface area contributed by atoms with Crippen molar-refractivity contribution in [2.75, 3.05) is 37.6 Å². The fourth-order valence-electron chi connectivity index (χ4n) is 4.49. The highest BCUT2D eigenvalue weighted by Gasteiger charge is 2.20. The molecule has 0 aliphatic carbocycles. The maximum Gasteiger partial charge on any atom is 0.166 e. The first-order valence-corrected chi connectivity index (χ1v) is 11.2. The highest BCUT2D eigenvalue weighted by Crippen LogP contribution is 2.26. The fraction of sp³-hybridized carbons (Fsp3) is 0.222. The maximum atomic E-state index is 13.4. The van der Waals surface area contributed by atoms with Crippen LogP contribution in [0.2, 0.25) is 0 Å². The van der Waals surface area contributed by atoms with Crippen LogP contribution < -0.4 is 4.90 Å². The minimum atomic E-state index is -0.286. The van der Waals surface area contributed by atoms with Crippen molar-refractivity contribution < 1.29 is 13.6 Å². The highest BCUT2D eigenvalue weighted by molar-refractivity contribution is 6.08. The molecule has 3 aromatic carbocycles. The van der Waals surface area contributed by atoms with Crippen molar-refractivity contribution in [1.29, 1.82) is 0 Å². The molecule has 33 heavy (non-hydrogen) atoms. The molecule has 0 bridgehead atoms. The molecule has 0 unspecified atom stereocenters. The summed E-state index contributed by atoms with van der Waals surface area (Å²) in [6.45, 7) is 4.13. The van der Waals surface area contributed by atoms with Crippen molar-refractivity contribution in [2.45, 2.75) is 6.42 Å². The van der Waals surface area contributed by atoms with Crippen LogP contribution in [0.15, 0.2) is 79.0 Å². The molecule has 6 heteroatoms. The van der Waals surface area contributed by atoms with E-state index in [0.717, 1.165) is 48.5 Å². The van der Waals surface area contributed by atoms with Crippen LogP contribution in [0.25, 0.3) is 16.6 Å². The zero-order chi connectivity index (χ0) is 22.8. The number of carbonyl (C=O) groups is 1. The van der Waals surface area contributed by atoms with E-state index in [1.807, 2.05) is 47.2 Å². The summed E-state index contributed by atoms with van der Waals surface area (Å²) in [5.74, 6) is -0.407. The molecule has 1 fully saturated rings. The van der Waals surface area contributed by atoms with E-state index in [4.69, 9.17) is 0 Å². The van der Waals surface area contributed by atoms with Gasteiger partial charge in [0.1, 0.15) is 11.6 Å². The van der Waals surface area contributed by atoms with E-state index in [2.05, 4.69) is 9.80 Å². The van der Waals surface area contributed by atoms with Gasteiger partial charge in [0, 0.05) is 67.7 Å². The number of ketones is 1. The van der Waals surface area contributed by atoms with E-state index >= 15 is 0 Å². The summed E-state index contributed by atoms with van der Waals surface area (Å²) in [4.78, 5) is 17.7. The third kappa shape index (κ3) is 4.52. The number of rotatable bonds is 6. The molecule has 5 rings (SSSR count). The Bertz CT molecular complexity index is 1260. The Morgan fingerprint density at radius 3 is 2.03 bits per heavy atom. The largest absolute Gasteiger partial charge is 0.369 e. The fourth-order valence-corrected chi connectivity index (χ4v) is 4.49. The van der Waals surface area contributed by atoms with Gasteiger partial charge in [-0.1, -0.05) is 18.2 Å². The number of aromatic nitrogens is 1. The third-order valence-electron chi connectivity index (χ3n) is 6.34. The number of hydrogen-bond acceptors (Lipinski definition) is 3. The molecule has 0 spiro atoms. The van der Waals surface area contributed by atoms with Crippen LogP contribution in [-0.2, 0) is 0 Å². The first-order chi connectivity index (χ1) is 16.1. The van der Waals surface area contributed by atoms with E-state index < -0.39 is 0 Å². The molecule has 168 valence electrons. The summed E-state index contributed by atoms with van der Waals surface area (Å²) in [5, 5.41) is 0.910. The number of anilines is 1. The van der Waals surface area contributed by atoms with Crippen molar-refractivity contribution in [3.8, 4) is 5.69 Å². The van der Waals surface area contributed by atoms with Gasteiger partial charge in [0.15, 0.2) is 5.78 Å². The number of para-hydroxylation sites is 1. The monoisotopic (exact) mass is 445 g/mol. The molecule has 4 nitrogen and oxygen atoms in total. The summed E-state index contributed by atoms with van der Waals surface area (Å²) in [6, 6.07) is 20.7. The number of hydrogen-bond donors (Lipinski definition) is 0. The van der Waals surface area contributed by atoms with E-state index in [1.54, 1.807) is 12.1 Å². The van der Waals surface area contributed by atoms with Crippen LogP contribution in [-0.4, -0.2) is 48.0 Å². The average molecular weight is 446 g/mol. The predicted octanol–water partition coefficient (Wildman–Crippen LogP) is 5.30. The molecule has 0 N–H and O–H groups in total. The van der Waals surface area contributed by atoms with Crippen LogP contribution in [0.4, 0.5) is 14.5 Å². The highest BCUT2D eigenvalue weighted by atomic mass is 19.1. The van der Waals surface area contributed by atoms with Gasteiger partial charge in [-0.3, -0.25) is 9.69 Å². The zero-order valence-corrected chi connectivity index (χ0v) is 18.3. The number of fused-ring (bicyclic) bond motifs is 1. The second kappa shape index (κ2) is 9.16. The molecular weight excluding hydrogens is 420 g/mol. The molecule has 2 heterocycles. The predicted molar refractivity (Wildman–Crippen MR) is 127 cm³/mol. The first-order valence-electron chi connectivity index (χ1n) is 11.2. The molecular formula is C27H25F2N3O. The normalized spacial score (nSPS) is 14.7. The van der Waals surface area contributed by atoms with Crippen LogP contribution >= 0.6 is 0 Å². The van der Waals surface area contributed by atoms with Gasteiger partial charge in [0.2, 0.25) is 0 Å². The molecule has 0 radical (unpaired) electrons. The summed E-state index contributed by atoms with van der Waals surface area (Å²) >= 11 is 0. The van der Waals surface area contributed by atoms with Crippen molar-refractivity contribution >= 4 is 22.4 Å². The minimum absolute atomic E-state index is 0.105. The lowest BCUT2D eigenvalue weighted by atomic mass is 10.1.